The highest BCUT2D eigenvalue weighted by atomic mass is 16.5. The molecule has 1 unspecified atom stereocenters. The maximum atomic E-state index is 12.7. The maximum Gasteiger partial charge on any atom is 0.350 e. The molecule has 0 fully saturated rings. The number of hydrogen-bond donors (Lipinski definition) is 5. The minimum Gasteiger partial charge on any atom is -0.497 e. The highest BCUT2D eigenvalue weighted by molar-refractivity contribution is 5.95. The van der Waals surface area contributed by atoms with Crippen molar-refractivity contribution in [2.24, 2.45) is 5.73 Å². The molecule has 0 aliphatic carbocycles. The molecule has 0 radical (unpaired) electrons. The summed E-state index contributed by atoms with van der Waals surface area (Å²) >= 11 is 0. The van der Waals surface area contributed by atoms with E-state index in [0.717, 1.165) is 11.6 Å². The van der Waals surface area contributed by atoms with Gasteiger partial charge in [-0.15, -0.1) is 9.78 Å². The topological polar surface area (TPSA) is 218 Å². The molecule has 0 saturated carbocycles. The Morgan fingerprint density at radius 1 is 1.23 bits per heavy atom. The fourth-order valence-electron chi connectivity index (χ4n) is 3.31. The van der Waals surface area contributed by atoms with Crippen LogP contribution in [0.1, 0.15) is 29.9 Å². The summed E-state index contributed by atoms with van der Waals surface area (Å²) in [6, 6.07) is 14.9. The number of nitrogen functional groups attached to an aromatic ring is 1. The number of benzene rings is 2. The third-order valence-electron chi connectivity index (χ3n) is 4.93. The van der Waals surface area contributed by atoms with Crippen molar-refractivity contribution in [3.63, 3.8) is 0 Å². The predicted molar refractivity (Wildman–Crippen MR) is 140 cm³/mol. The Kier molecular flexibility index (Phi) is 9.30. The van der Waals surface area contributed by atoms with Crippen molar-refractivity contribution in [1.82, 2.24) is 24.7 Å². The molecule has 2 aromatic carbocycles. The minimum atomic E-state index is -0.833. The number of methoxy groups -OCH3 is 1. The van der Waals surface area contributed by atoms with Crippen molar-refractivity contribution in [3.8, 4) is 23.5 Å². The average molecular weight is 532 g/mol. The molecule has 1 atom stereocenters. The van der Waals surface area contributed by atoms with E-state index in [1.54, 1.807) is 48.5 Å². The lowest BCUT2D eigenvalue weighted by Crippen LogP contribution is -2.18. The zero-order valence-electron chi connectivity index (χ0n) is 21.0. The first-order valence-corrected chi connectivity index (χ1v) is 11.3. The van der Waals surface area contributed by atoms with Crippen LogP contribution in [0, 0.1) is 16.7 Å². The number of rotatable bonds is 9. The maximum absolute atomic E-state index is 12.7. The molecule has 0 saturated heterocycles. The number of nitrogens with zero attached hydrogens (tertiary/aromatic N) is 5. The van der Waals surface area contributed by atoms with Gasteiger partial charge in [-0.05, 0) is 48.0 Å². The highest BCUT2D eigenvalue weighted by Gasteiger charge is 2.22. The van der Waals surface area contributed by atoms with E-state index in [-0.39, 0.29) is 24.2 Å². The first kappa shape index (κ1) is 27.9. The van der Waals surface area contributed by atoms with Crippen LogP contribution in [0.4, 0.5) is 5.69 Å². The SMILES string of the molecule is CC(=O)O.COc1cc(OCC#N)cc(C(Nc2ccc(C(=N)N)cc2)c2nn(-c3ncccn3)c(=O)[nH]2)c1. The van der Waals surface area contributed by atoms with Crippen LogP contribution in [-0.4, -0.2) is 55.4 Å². The Bertz CT molecular complexity index is 1520. The lowest BCUT2D eigenvalue weighted by molar-refractivity contribution is -0.134. The number of H-pyrrole nitrogens is 1. The number of aromatic amines is 1. The average Bonchev–Trinajstić information content (AvgIpc) is 3.31. The number of carboxylic acid groups (broad SMARTS) is 1. The molecule has 14 heteroatoms. The van der Waals surface area contributed by atoms with Crippen LogP contribution in [0.25, 0.3) is 5.95 Å². The van der Waals surface area contributed by atoms with Gasteiger partial charge in [0.2, 0.25) is 0 Å². The summed E-state index contributed by atoms with van der Waals surface area (Å²) < 4.78 is 12.0. The van der Waals surface area contributed by atoms with Crippen LogP contribution in [0.3, 0.4) is 0 Å². The number of amidine groups is 1. The fourth-order valence-corrected chi connectivity index (χ4v) is 3.31. The summed E-state index contributed by atoms with van der Waals surface area (Å²) in [5.41, 5.74) is 6.92. The Balaban J connectivity index is 0.000000983. The first-order chi connectivity index (χ1) is 18.7. The van der Waals surface area contributed by atoms with E-state index in [1.807, 2.05) is 6.07 Å². The van der Waals surface area contributed by atoms with Gasteiger partial charge in [0.25, 0.3) is 11.9 Å². The third kappa shape index (κ3) is 7.64. The molecule has 200 valence electrons. The van der Waals surface area contributed by atoms with Crippen LogP contribution in [0.2, 0.25) is 0 Å². The highest BCUT2D eigenvalue weighted by Crippen LogP contribution is 2.31. The van der Waals surface area contributed by atoms with Crippen LogP contribution in [0.5, 0.6) is 11.5 Å². The number of carbonyl (C=O) groups is 1. The molecule has 2 aromatic heterocycles. The first-order valence-electron chi connectivity index (χ1n) is 11.3. The molecule has 0 amide bonds. The molecule has 0 bridgehead atoms. The molecule has 2 heterocycles. The van der Waals surface area contributed by atoms with Gasteiger partial charge in [0.05, 0.1) is 7.11 Å². The van der Waals surface area contributed by atoms with Gasteiger partial charge in [-0.3, -0.25) is 15.2 Å². The van der Waals surface area contributed by atoms with E-state index in [2.05, 4.69) is 25.4 Å². The monoisotopic (exact) mass is 531 g/mol. The zero-order valence-corrected chi connectivity index (χ0v) is 21.0. The van der Waals surface area contributed by atoms with E-state index in [0.29, 0.717) is 28.3 Å². The van der Waals surface area contributed by atoms with Crippen molar-refractivity contribution in [2.75, 3.05) is 19.0 Å². The van der Waals surface area contributed by atoms with Gasteiger partial charge in [-0.2, -0.15) is 5.26 Å². The quantitative estimate of drug-likeness (QED) is 0.155. The second kappa shape index (κ2) is 13.0. The summed E-state index contributed by atoms with van der Waals surface area (Å²) in [4.78, 5) is 32.6. The molecule has 14 nitrogen and oxygen atoms in total. The summed E-state index contributed by atoms with van der Waals surface area (Å²) in [5.74, 6) is 0.409. The standard InChI is InChI=1S/C23H21N9O3.C2H4O2/c1-34-17-11-15(12-18(13-17)35-10-7-24)19(29-16-5-3-14(4-6-16)20(25)26)21-30-23(33)32(31-21)22-27-8-2-9-28-22;1-2(3)4/h2-6,8-9,11-13,19,29H,10H2,1H3,(H3,25,26)(H,30,31,33);1H3,(H,3,4). The van der Waals surface area contributed by atoms with Crippen LogP contribution in [0.15, 0.2) is 65.7 Å². The predicted octanol–water partition coefficient (Wildman–Crippen LogP) is 1.84. The van der Waals surface area contributed by atoms with Gasteiger partial charge < -0.3 is 25.6 Å². The number of carboxylic acids is 1. The van der Waals surface area contributed by atoms with E-state index in [1.165, 1.54) is 19.5 Å². The van der Waals surface area contributed by atoms with E-state index < -0.39 is 17.7 Å². The lowest BCUT2D eigenvalue weighted by atomic mass is 10.0. The molecular weight excluding hydrogens is 506 g/mol. The number of nitrogens with two attached hydrogens (primary N) is 1. The number of aromatic nitrogens is 5. The molecule has 4 rings (SSSR count). The Hall–Kier alpha value is -5.71. The van der Waals surface area contributed by atoms with Crippen LogP contribution in [-0.2, 0) is 4.79 Å². The largest absolute Gasteiger partial charge is 0.497 e. The number of aliphatic carboxylic acids is 1. The second-order valence-corrected chi connectivity index (χ2v) is 7.75. The second-order valence-electron chi connectivity index (χ2n) is 7.75. The Morgan fingerprint density at radius 2 is 1.87 bits per heavy atom. The van der Waals surface area contributed by atoms with E-state index >= 15 is 0 Å². The molecule has 0 aliphatic rings. The summed E-state index contributed by atoms with van der Waals surface area (Å²) in [6.07, 6.45) is 3.02. The van der Waals surface area contributed by atoms with Gasteiger partial charge in [0, 0.05) is 36.6 Å². The van der Waals surface area contributed by atoms with Gasteiger partial charge in [-0.25, -0.2) is 14.8 Å². The normalized spacial score (nSPS) is 10.8. The Labute approximate surface area is 222 Å². The van der Waals surface area contributed by atoms with E-state index in [4.69, 9.17) is 35.8 Å². The number of anilines is 1. The van der Waals surface area contributed by atoms with Crippen molar-refractivity contribution >= 4 is 17.5 Å². The molecule has 6 N–H and O–H groups in total. The van der Waals surface area contributed by atoms with Gasteiger partial charge >= 0.3 is 5.69 Å². The molecule has 39 heavy (non-hydrogen) atoms. The Morgan fingerprint density at radius 3 is 2.46 bits per heavy atom. The summed E-state index contributed by atoms with van der Waals surface area (Å²) in [5, 5.41) is 31.7. The van der Waals surface area contributed by atoms with Crippen LogP contribution >= 0.6 is 0 Å². The number of ether oxygens (including phenoxy) is 2. The van der Waals surface area contributed by atoms with Gasteiger partial charge in [0.1, 0.15) is 29.4 Å². The van der Waals surface area contributed by atoms with Crippen molar-refractivity contribution in [3.05, 3.63) is 88.4 Å². The third-order valence-corrected chi connectivity index (χ3v) is 4.93. The van der Waals surface area contributed by atoms with Gasteiger partial charge in [0.15, 0.2) is 12.4 Å². The van der Waals surface area contributed by atoms with Crippen molar-refractivity contribution in [1.29, 1.82) is 10.7 Å². The summed E-state index contributed by atoms with van der Waals surface area (Å²) in [7, 11) is 1.51. The van der Waals surface area contributed by atoms with E-state index in [9.17, 15) is 4.79 Å². The minimum absolute atomic E-state index is 0.0499. The molecule has 4 aromatic rings. The number of nitriles is 1. The molecular formula is C25H25N9O5. The zero-order chi connectivity index (χ0) is 28.4. The van der Waals surface area contributed by atoms with Crippen LogP contribution < -0.4 is 26.2 Å². The summed E-state index contributed by atoms with van der Waals surface area (Å²) in [6.45, 7) is 0.939. The number of hydrogen-bond acceptors (Lipinski definition) is 10. The fraction of sp³-hybridized carbons (Fsp3) is 0.160. The van der Waals surface area contributed by atoms with Crippen molar-refractivity contribution in [2.45, 2.75) is 13.0 Å². The smallest absolute Gasteiger partial charge is 0.350 e. The molecule has 0 spiro atoms. The van der Waals surface area contributed by atoms with Crippen molar-refractivity contribution < 1.29 is 19.4 Å². The van der Waals surface area contributed by atoms with Gasteiger partial charge in [-0.1, -0.05) is 0 Å². The molecule has 0 aliphatic heterocycles. The lowest BCUT2D eigenvalue weighted by Gasteiger charge is -2.20. The number of nitrogens with one attached hydrogen (secondary N) is 3.